The Bertz CT molecular complexity index is 539. The highest BCUT2D eigenvalue weighted by molar-refractivity contribution is 5.65. The molecule has 0 aromatic heterocycles. The zero-order valence-electron chi connectivity index (χ0n) is 9.69. The Labute approximate surface area is 103 Å². The smallest absolute Gasteiger partial charge is 0.0344 e. The van der Waals surface area contributed by atoms with Crippen LogP contribution in [0.2, 0.25) is 0 Å². The highest BCUT2D eigenvalue weighted by atomic mass is 14.0. The molecule has 0 nitrogen and oxygen atoms in total. The van der Waals surface area contributed by atoms with Crippen LogP contribution in [0.5, 0.6) is 0 Å². The Kier molecular flexibility index (Phi) is 3.78. The van der Waals surface area contributed by atoms with Crippen LogP contribution >= 0.6 is 0 Å². The van der Waals surface area contributed by atoms with Crippen molar-refractivity contribution < 1.29 is 0 Å². The minimum absolute atomic E-state index is 0.707. The second kappa shape index (κ2) is 5.72. The van der Waals surface area contributed by atoms with Gasteiger partial charge in [0.2, 0.25) is 0 Å². The standard InChI is InChI=1S/C17H14/c1-15(17-13-6-3-7-14-17)9-8-12-16-10-4-2-5-11-16/h2-7,10-11,13-14H,1,9H2. The predicted molar refractivity (Wildman–Crippen MR) is 73.4 cm³/mol. The molecule has 0 aliphatic heterocycles. The number of hydrogen-bond acceptors (Lipinski definition) is 0. The van der Waals surface area contributed by atoms with E-state index in [1.807, 2.05) is 48.5 Å². The lowest BCUT2D eigenvalue weighted by molar-refractivity contribution is 1.45. The summed E-state index contributed by atoms with van der Waals surface area (Å²) in [5, 5.41) is 0. The molecule has 2 rings (SSSR count). The molecule has 0 saturated heterocycles. The first-order chi connectivity index (χ1) is 8.36. The minimum atomic E-state index is 0.707. The Morgan fingerprint density at radius 1 is 0.882 bits per heavy atom. The third-order valence-electron chi connectivity index (χ3n) is 2.49. The van der Waals surface area contributed by atoms with Crippen molar-refractivity contribution in [2.75, 3.05) is 0 Å². The molecule has 0 radical (unpaired) electrons. The molecule has 0 unspecified atom stereocenters. The summed E-state index contributed by atoms with van der Waals surface area (Å²) < 4.78 is 0. The number of allylic oxidation sites excluding steroid dienone is 1. The number of benzene rings is 2. The van der Waals surface area contributed by atoms with Crippen LogP contribution in [0.1, 0.15) is 17.5 Å². The summed E-state index contributed by atoms with van der Waals surface area (Å²) in [5.74, 6) is 6.28. The van der Waals surface area contributed by atoms with Gasteiger partial charge in [0.05, 0.1) is 0 Å². The van der Waals surface area contributed by atoms with Gasteiger partial charge in [-0.05, 0) is 23.3 Å². The van der Waals surface area contributed by atoms with Crippen molar-refractivity contribution in [1.82, 2.24) is 0 Å². The van der Waals surface area contributed by atoms with E-state index in [4.69, 9.17) is 0 Å². The van der Waals surface area contributed by atoms with E-state index in [1.165, 1.54) is 0 Å². The van der Waals surface area contributed by atoms with Crippen molar-refractivity contribution >= 4 is 5.57 Å². The third kappa shape index (κ3) is 3.36. The highest BCUT2D eigenvalue weighted by Gasteiger charge is 1.94. The molecule has 0 aliphatic carbocycles. The van der Waals surface area contributed by atoms with Gasteiger partial charge < -0.3 is 0 Å². The summed E-state index contributed by atoms with van der Waals surface area (Å²) in [5.41, 5.74) is 3.28. The Balaban J connectivity index is 2.00. The van der Waals surface area contributed by atoms with Crippen molar-refractivity contribution in [1.29, 1.82) is 0 Å². The van der Waals surface area contributed by atoms with Crippen molar-refractivity contribution in [3.05, 3.63) is 78.4 Å². The molecule has 0 fully saturated rings. The van der Waals surface area contributed by atoms with Gasteiger partial charge in [0.1, 0.15) is 0 Å². The molecule has 0 heterocycles. The van der Waals surface area contributed by atoms with E-state index in [1.54, 1.807) is 0 Å². The largest absolute Gasteiger partial charge is 0.0943 e. The summed E-state index contributed by atoms with van der Waals surface area (Å²) in [7, 11) is 0. The van der Waals surface area contributed by atoms with Crippen LogP contribution < -0.4 is 0 Å². The van der Waals surface area contributed by atoms with Gasteiger partial charge in [0.15, 0.2) is 0 Å². The SMILES string of the molecule is C=C(CC#Cc1ccccc1)c1ccccc1. The molecule has 0 aliphatic rings. The van der Waals surface area contributed by atoms with E-state index in [-0.39, 0.29) is 0 Å². The predicted octanol–water partition coefficient (Wildman–Crippen LogP) is 4.14. The zero-order chi connectivity index (χ0) is 11.9. The van der Waals surface area contributed by atoms with Gasteiger partial charge >= 0.3 is 0 Å². The Hall–Kier alpha value is -2.26. The summed E-state index contributed by atoms with van der Waals surface area (Å²) in [4.78, 5) is 0. The summed E-state index contributed by atoms with van der Waals surface area (Å²) in [6, 6.07) is 20.2. The summed E-state index contributed by atoms with van der Waals surface area (Å²) >= 11 is 0. The lowest BCUT2D eigenvalue weighted by Gasteiger charge is -1.99. The van der Waals surface area contributed by atoms with Crippen molar-refractivity contribution in [3.63, 3.8) is 0 Å². The second-order valence-corrected chi connectivity index (χ2v) is 3.81. The van der Waals surface area contributed by atoms with Crippen LogP contribution in [-0.4, -0.2) is 0 Å². The molecule has 0 heteroatoms. The van der Waals surface area contributed by atoms with E-state index < -0.39 is 0 Å². The van der Waals surface area contributed by atoms with Gasteiger partial charge in [0, 0.05) is 12.0 Å². The molecule has 0 atom stereocenters. The maximum Gasteiger partial charge on any atom is 0.0344 e. The summed E-state index contributed by atoms with van der Waals surface area (Å²) in [6.45, 7) is 4.05. The van der Waals surface area contributed by atoms with Crippen LogP contribution in [0.25, 0.3) is 5.57 Å². The van der Waals surface area contributed by atoms with Gasteiger partial charge in [-0.3, -0.25) is 0 Å². The first-order valence-corrected chi connectivity index (χ1v) is 5.63. The van der Waals surface area contributed by atoms with Crippen LogP contribution in [0.3, 0.4) is 0 Å². The summed E-state index contributed by atoms with van der Waals surface area (Å²) in [6.07, 6.45) is 0.707. The zero-order valence-corrected chi connectivity index (χ0v) is 9.69. The Morgan fingerprint density at radius 2 is 1.47 bits per heavy atom. The van der Waals surface area contributed by atoms with Gasteiger partial charge in [-0.15, -0.1) is 0 Å². The van der Waals surface area contributed by atoms with Gasteiger partial charge in [-0.1, -0.05) is 67.0 Å². The van der Waals surface area contributed by atoms with E-state index in [0.717, 1.165) is 16.7 Å². The maximum absolute atomic E-state index is 4.05. The number of hydrogen-bond donors (Lipinski definition) is 0. The lowest BCUT2D eigenvalue weighted by atomic mass is 10.1. The van der Waals surface area contributed by atoms with Crippen molar-refractivity contribution in [2.24, 2.45) is 0 Å². The normalized spacial score (nSPS) is 9.18. The fourth-order valence-corrected chi connectivity index (χ4v) is 1.55. The van der Waals surface area contributed by atoms with Gasteiger partial charge in [0.25, 0.3) is 0 Å². The van der Waals surface area contributed by atoms with Crippen LogP contribution in [0.4, 0.5) is 0 Å². The molecular weight excluding hydrogens is 204 g/mol. The third-order valence-corrected chi connectivity index (χ3v) is 2.49. The topological polar surface area (TPSA) is 0 Å². The van der Waals surface area contributed by atoms with Gasteiger partial charge in [-0.25, -0.2) is 0 Å². The van der Waals surface area contributed by atoms with Crippen LogP contribution in [0, 0.1) is 11.8 Å². The van der Waals surface area contributed by atoms with E-state index in [0.29, 0.717) is 6.42 Å². The maximum atomic E-state index is 4.05. The molecule has 2 aromatic carbocycles. The van der Waals surface area contributed by atoms with Gasteiger partial charge in [-0.2, -0.15) is 0 Å². The lowest BCUT2D eigenvalue weighted by Crippen LogP contribution is -1.80. The first-order valence-electron chi connectivity index (χ1n) is 5.63. The minimum Gasteiger partial charge on any atom is -0.0943 e. The van der Waals surface area contributed by atoms with E-state index >= 15 is 0 Å². The molecule has 17 heavy (non-hydrogen) atoms. The van der Waals surface area contributed by atoms with E-state index in [2.05, 4.69) is 30.6 Å². The molecule has 0 amide bonds. The molecule has 0 bridgehead atoms. The van der Waals surface area contributed by atoms with E-state index in [9.17, 15) is 0 Å². The first kappa shape index (κ1) is 11.2. The molecule has 0 spiro atoms. The number of rotatable bonds is 2. The monoisotopic (exact) mass is 218 g/mol. The molecular formula is C17H14. The van der Waals surface area contributed by atoms with Crippen LogP contribution in [-0.2, 0) is 0 Å². The second-order valence-electron chi connectivity index (χ2n) is 3.81. The van der Waals surface area contributed by atoms with Crippen LogP contribution in [0.15, 0.2) is 67.2 Å². The average Bonchev–Trinajstić information content (AvgIpc) is 2.41. The molecule has 2 aromatic rings. The Morgan fingerprint density at radius 3 is 2.12 bits per heavy atom. The van der Waals surface area contributed by atoms with Crippen molar-refractivity contribution in [2.45, 2.75) is 6.42 Å². The molecule has 82 valence electrons. The quantitative estimate of drug-likeness (QED) is 0.664. The molecule has 0 N–H and O–H groups in total. The highest BCUT2D eigenvalue weighted by Crippen LogP contribution is 2.14. The van der Waals surface area contributed by atoms with Crippen molar-refractivity contribution in [3.8, 4) is 11.8 Å². The average molecular weight is 218 g/mol. The molecule has 0 saturated carbocycles. The fraction of sp³-hybridized carbons (Fsp3) is 0.0588. The fourth-order valence-electron chi connectivity index (χ4n) is 1.55.